The highest BCUT2D eigenvalue weighted by molar-refractivity contribution is 7.15. The summed E-state index contributed by atoms with van der Waals surface area (Å²) < 4.78 is 39.6. The van der Waals surface area contributed by atoms with Crippen molar-refractivity contribution in [1.82, 2.24) is 15.5 Å². The number of anilines is 1. The quantitative estimate of drug-likeness (QED) is 0.848. The summed E-state index contributed by atoms with van der Waals surface area (Å²) in [6.45, 7) is 5.78. The van der Waals surface area contributed by atoms with Crippen molar-refractivity contribution in [2.24, 2.45) is 0 Å². The molecule has 2 rings (SSSR count). The number of aromatic nitrogens is 2. The minimum absolute atomic E-state index is 0.156. The van der Waals surface area contributed by atoms with Crippen LogP contribution in [0.1, 0.15) is 31.3 Å². The van der Waals surface area contributed by atoms with Crippen LogP contribution < -0.4 is 10.6 Å². The number of halogens is 3. The third-order valence-electron chi connectivity index (χ3n) is 3.27. The molecule has 0 spiro atoms. The summed E-state index contributed by atoms with van der Waals surface area (Å²) in [6, 6.07) is 5.22. The Balaban J connectivity index is 2.03. The Kier molecular flexibility index (Phi) is 5.66. The smallest absolute Gasteiger partial charge is 0.326 e. The van der Waals surface area contributed by atoms with Crippen LogP contribution in [-0.4, -0.2) is 28.4 Å². The molecule has 25 heavy (non-hydrogen) atoms. The highest BCUT2D eigenvalue weighted by Gasteiger charge is 2.40. The van der Waals surface area contributed by atoms with Crippen LogP contribution in [0.15, 0.2) is 30.3 Å². The lowest BCUT2D eigenvalue weighted by molar-refractivity contribution is -0.152. The Morgan fingerprint density at radius 3 is 2.32 bits per heavy atom. The van der Waals surface area contributed by atoms with Gasteiger partial charge in [0, 0.05) is 11.8 Å². The van der Waals surface area contributed by atoms with Crippen molar-refractivity contribution in [3.8, 4) is 0 Å². The third-order valence-corrected chi connectivity index (χ3v) is 4.53. The first-order valence-corrected chi connectivity index (χ1v) is 8.39. The molecule has 0 radical (unpaired) electrons. The first kappa shape index (κ1) is 19.2. The highest BCUT2D eigenvalue weighted by atomic mass is 32.1. The van der Waals surface area contributed by atoms with Gasteiger partial charge in [-0.2, -0.15) is 13.2 Å². The third kappa shape index (κ3) is 5.70. The van der Waals surface area contributed by atoms with E-state index in [-0.39, 0.29) is 17.0 Å². The lowest BCUT2D eigenvalue weighted by atomic mass is 9.98. The van der Waals surface area contributed by atoms with Gasteiger partial charge in [0.2, 0.25) is 5.13 Å². The Bertz CT molecular complexity index is 710. The van der Waals surface area contributed by atoms with E-state index in [1.54, 1.807) is 30.3 Å². The number of carbonyl (C=O) groups excluding carboxylic acids is 1. The predicted molar refractivity (Wildman–Crippen MR) is 90.8 cm³/mol. The number of nitrogens with one attached hydrogen (secondary N) is 2. The van der Waals surface area contributed by atoms with Crippen LogP contribution in [0, 0.1) is 0 Å². The van der Waals surface area contributed by atoms with Crippen LogP contribution in [0.3, 0.4) is 0 Å². The molecule has 0 aliphatic carbocycles. The van der Waals surface area contributed by atoms with E-state index >= 15 is 0 Å². The van der Waals surface area contributed by atoms with Gasteiger partial charge in [0.25, 0.3) is 0 Å². The minimum atomic E-state index is -4.56. The number of hydrogen-bond donors (Lipinski definition) is 2. The van der Waals surface area contributed by atoms with Crippen molar-refractivity contribution in [2.75, 3.05) is 5.32 Å². The zero-order valence-corrected chi connectivity index (χ0v) is 14.8. The fraction of sp³-hybridized carbons (Fsp3) is 0.438. The molecule has 0 bridgehead atoms. The molecule has 2 N–H and O–H groups in total. The summed E-state index contributed by atoms with van der Waals surface area (Å²) in [4.78, 5) is 11.9. The van der Waals surface area contributed by atoms with Crippen LogP contribution in [0.5, 0.6) is 0 Å². The Hall–Kier alpha value is -2.16. The van der Waals surface area contributed by atoms with Gasteiger partial charge in [-0.25, -0.2) is 4.79 Å². The van der Waals surface area contributed by atoms with Crippen LogP contribution in [-0.2, 0) is 11.8 Å². The minimum Gasteiger partial charge on any atom is -0.326 e. The van der Waals surface area contributed by atoms with Gasteiger partial charge >= 0.3 is 12.2 Å². The number of hydrogen-bond acceptors (Lipinski definition) is 4. The fourth-order valence-corrected chi connectivity index (χ4v) is 2.76. The summed E-state index contributed by atoms with van der Waals surface area (Å²) in [5.74, 6) is 0. The van der Waals surface area contributed by atoms with Crippen molar-refractivity contribution in [2.45, 2.75) is 44.8 Å². The monoisotopic (exact) mass is 372 g/mol. The van der Waals surface area contributed by atoms with Gasteiger partial charge < -0.3 is 5.32 Å². The maximum Gasteiger partial charge on any atom is 0.408 e. The van der Waals surface area contributed by atoms with Crippen molar-refractivity contribution >= 4 is 22.5 Å². The van der Waals surface area contributed by atoms with E-state index in [0.717, 1.165) is 11.3 Å². The first-order valence-electron chi connectivity index (χ1n) is 7.58. The SMILES string of the molecule is CC(C)(C)c1nnc(NC(=O)N[C@@H](Cc2ccccc2)C(F)(F)F)s1. The van der Waals surface area contributed by atoms with Gasteiger partial charge in [-0.3, -0.25) is 5.32 Å². The van der Waals surface area contributed by atoms with Gasteiger partial charge in [-0.1, -0.05) is 62.4 Å². The molecule has 9 heteroatoms. The van der Waals surface area contributed by atoms with E-state index in [1.165, 1.54) is 0 Å². The average Bonchev–Trinajstić information content (AvgIpc) is 2.95. The lowest BCUT2D eigenvalue weighted by Gasteiger charge is -2.21. The molecule has 1 heterocycles. The molecule has 0 fully saturated rings. The van der Waals surface area contributed by atoms with Gasteiger partial charge in [-0.15, -0.1) is 10.2 Å². The van der Waals surface area contributed by atoms with E-state index in [2.05, 4.69) is 15.5 Å². The molecule has 5 nitrogen and oxygen atoms in total. The number of urea groups is 1. The van der Waals surface area contributed by atoms with E-state index in [1.807, 2.05) is 26.1 Å². The molecule has 2 amide bonds. The number of benzene rings is 1. The van der Waals surface area contributed by atoms with Gasteiger partial charge in [0.15, 0.2) is 0 Å². The second-order valence-electron chi connectivity index (χ2n) is 6.54. The fourth-order valence-electron chi connectivity index (χ4n) is 1.97. The van der Waals surface area contributed by atoms with Crippen molar-refractivity contribution in [3.05, 3.63) is 40.9 Å². The summed E-state index contributed by atoms with van der Waals surface area (Å²) in [7, 11) is 0. The number of alkyl halides is 3. The molecular weight excluding hydrogens is 353 g/mol. The predicted octanol–water partition coefficient (Wildman–Crippen LogP) is 4.13. The van der Waals surface area contributed by atoms with Gasteiger partial charge in [0.05, 0.1) is 0 Å². The summed E-state index contributed by atoms with van der Waals surface area (Å²) >= 11 is 1.13. The molecule has 1 aromatic heterocycles. The molecule has 0 saturated carbocycles. The molecule has 0 saturated heterocycles. The van der Waals surface area contributed by atoms with Crippen LogP contribution in [0.2, 0.25) is 0 Å². The zero-order valence-electron chi connectivity index (χ0n) is 14.0. The highest BCUT2D eigenvalue weighted by Crippen LogP contribution is 2.28. The Morgan fingerprint density at radius 2 is 1.80 bits per heavy atom. The number of nitrogens with zero attached hydrogens (tertiary/aromatic N) is 2. The largest absolute Gasteiger partial charge is 0.408 e. The number of amides is 2. The Labute approximate surface area is 147 Å². The summed E-state index contributed by atoms with van der Waals surface area (Å²) in [5.41, 5.74) is 0.228. The van der Waals surface area contributed by atoms with Gasteiger partial charge in [0.1, 0.15) is 11.0 Å². The van der Waals surface area contributed by atoms with E-state index < -0.39 is 18.2 Å². The number of carbonyl (C=O) groups is 1. The summed E-state index contributed by atoms with van der Waals surface area (Å²) in [5, 5.41) is 12.9. The van der Waals surface area contributed by atoms with E-state index in [4.69, 9.17) is 0 Å². The molecule has 0 unspecified atom stereocenters. The standard InChI is InChI=1S/C16H19F3N4OS/c1-15(2,3)12-22-23-14(25-12)21-13(24)20-11(16(17,18)19)9-10-7-5-4-6-8-10/h4-8,11H,9H2,1-3H3,(H2,20,21,23,24)/t11-/m0/s1. The molecule has 1 atom stereocenters. The van der Waals surface area contributed by atoms with Gasteiger partial charge in [-0.05, 0) is 5.56 Å². The molecular formula is C16H19F3N4OS. The maximum absolute atomic E-state index is 13.2. The Morgan fingerprint density at radius 1 is 1.16 bits per heavy atom. The normalized spacial score (nSPS) is 13.4. The van der Waals surface area contributed by atoms with Crippen LogP contribution in [0.4, 0.5) is 23.1 Å². The maximum atomic E-state index is 13.2. The molecule has 2 aromatic rings. The first-order chi connectivity index (χ1) is 11.6. The molecule has 0 aliphatic rings. The lowest BCUT2D eigenvalue weighted by Crippen LogP contribution is -2.48. The van der Waals surface area contributed by atoms with Crippen molar-refractivity contribution < 1.29 is 18.0 Å². The topological polar surface area (TPSA) is 66.9 Å². The second-order valence-corrected chi connectivity index (χ2v) is 7.52. The van der Waals surface area contributed by atoms with Crippen LogP contribution in [0.25, 0.3) is 0 Å². The summed E-state index contributed by atoms with van der Waals surface area (Å²) in [6.07, 6.45) is -4.91. The van der Waals surface area contributed by atoms with Crippen molar-refractivity contribution in [3.63, 3.8) is 0 Å². The molecule has 136 valence electrons. The zero-order chi connectivity index (χ0) is 18.7. The number of rotatable bonds is 4. The van der Waals surface area contributed by atoms with Crippen LogP contribution >= 0.6 is 11.3 Å². The average molecular weight is 372 g/mol. The molecule has 0 aliphatic heterocycles. The van der Waals surface area contributed by atoms with E-state index in [0.29, 0.717) is 10.6 Å². The molecule has 1 aromatic carbocycles. The van der Waals surface area contributed by atoms with E-state index in [9.17, 15) is 18.0 Å². The second kappa shape index (κ2) is 7.38. The van der Waals surface area contributed by atoms with Crippen molar-refractivity contribution in [1.29, 1.82) is 0 Å².